The monoisotopic (exact) mass is 477 g/mol. The summed E-state index contributed by atoms with van der Waals surface area (Å²) in [5.74, 6) is 0.354. The highest BCUT2D eigenvalue weighted by molar-refractivity contribution is 6.01. The van der Waals surface area contributed by atoms with E-state index in [1.807, 2.05) is 29.0 Å². The SMILES string of the molecule is CNc1cc(-c2cn([C@@H]3CCC[C@@H]3F)c3ncccc23)nc2c(C(=O)NC3CCC[C@H]3O)cnn12. The third-order valence-corrected chi connectivity index (χ3v) is 7.39. The maximum absolute atomic E-state index is 14.7. The molecule has 0 aromatic carbocycles. The van der Waals surface area contributed by atoms with E-state index in [4.69, 9.17) is 4.98 Å². The predicted molar refractivity (Wildman–Crippen MR) is 130 cm³/mol. The van der Waals surface area contributed by atoms with Crippen molar-refractivity contribution in [3.8, 4) is 11.3 Å². The molecule has 4 atom stereocenters. The average molecular weight is 478 g/mol. The van der Waals surface area contributed by atoms with Gasteiger partial charge in [0.25, 0.3) is 5.91 Å². The van der Waals surface area contributed by atoms with Gasteiger partial charge < -0.3 is 20.3 Å². The van der Waals surface area contributed by atoms with Gasteiger partial charge in [-0.3, -0.25) is 4.79 Å². The van der Waals surface area contributed by atoms with Crippen molar-refractivity contribution in [3.63, 3.8) is 0 Å². The van der Waals surface area contributed by atoms with Gasteiger partial charge >= 0.3 is 0 Å². The molecular formula is C25H28FN7O2. The lowest BCUT2D eigenvalue weighted by Crippen LogP contribution is -2.39. The van der Waals surface area contributed by atoms with Gasteiger partial charge in [0, 0.05) is 36.5 Å². The Balaban J connectivity index is 1.47. The van der Waals surface area contributed by atoms with E-state index in [0.717, 1.165) is 42.3 Å². The Morgan fingerprint density at radius 3 is 2.80 bits per heavy atom. The summed E-state index contributed by atoms with van der Waals surface area (Å²) in [7, 11) is 1.78. The summed E-state index contributed by atoms with van der Waals surface area (Å²) >= 11 is 0. The molecule has 1 amide bonds. The van der Waals surface area contributed by atoms with Crippen molar-refractivity contribution in [1.29, 1.82) is 0 Å². The molecular weight excluding hydrogens is 449 g/mol. The number of nitrogens with one attached hydrogen (secondary N) is 2. The minimum Gasteiger partial charge on any atom is -0.391 e. The largest absolute Gasteiger partial charge is 0.391 e. The first-order chi connectivity index (χ1) is 17.0. The number of fused-ring (bicyclic) bond motifs is 2. The Kier molecular flexibility index (Phi) is 5.40. The van der Waals surface area contributed by atoms with Crippen molar-refractivity contribution in [2.24, 2.45) is 0 Å². The fourth-order valence-corrected chi connectivity index (χ4v) is 5.54. The Labute approximate surface area is 201 Å². The van der Waals surface area contributed by atoms with E-state index < -0.39 is 12.3 Å². The number of pyridine rings is 1. The first-order valence-electron chi connectivity index (χ1n) is 12.2. The van der Waals surface area contributed by atoms with Crippen LogP contribution in [0.25, 0.3) is 27.9 Å². The number of aliphatic hydroxyl groups excluding tert-OH is 1. The first-order valence-corrected chi connectivity index (χ1v) is 12.2. The average Bonchev–Trinajstić information content (AvgIpc) is 3.65. The van der Waals surface area contributed by atoms with Crippen LogP contribution < -0.4 is 10.6 Å². The van der Waals surface area contributed by atoms with Crippen molar-refractivity contribution < 1.29 is 14.3 Å². The lowest BCUT2D eigenvalue weighted by molar-refractivity contribution is 0.0874. The zero-order valence-corrected chi connectivity index (χ0v) is 19.5. The van der Waals surface area contributed by atoms with Gasteiger partial charge in [-0.15, -0.1) is 0 Å². The van der Waals surface area contributed by atoms with Crippen LogP contribution in [0, 0.1) is 0 Å². The number of nitrogens with zero attached hydrogens (tertiary/aromatic N) is 5. The Morgan fingerprint density at radius 2 is 2.06 bits per heavy atom. The maximum atomic E-state index is 14.7. The molecule has 2 saturated carbocycles. The number of aliphatic hydroxyl groups is 1. The molecule has 2 aliphatic rings. The molecule has 3 N–H and O–H groups in total. The zero-order valence-electron chi connectivity index (χ0n) is 19.5. The van der Waals surface area contributed by atoms with Gasteiger partial charge in [0.2, 0.25) is 0 Å². The summed E-state index contributed by atoms with van der Waals surface area (Å²) in [5, 5.41) is 21.5. The van der Waals surface area contributed by atoms with Gasteiger partial charge in [-0.05, 0) is 50.7 Å². The van der Waals surface area contributed by atoms with Gasteiger partial charge in [0.1, 0.15) is 23.2 Å². The van der Waals surface area contributed by atoms with E-state index in [0.29, 0.717) is 35.6 Å². The molecule has 2 aliphatic carbocycles. The summed E-state index contributed by atoms with van der Waals surface area (Å²) in [6.45, 7) is 0. The molecule has 0 radical (unpaired) electrons. The van der Waals surface area contributed by atoms with Gasteiger partial charge in [-0.25, -0.2) is 14.4 Å². The van der Waals surface area contributed by atoms with Crippen LogP contribution in [0.4, 0.5) is 10.2 Å². The van der Waals surface area contributed by atoms with Gasteiger partial charge in [-0.2, -0.15) is 9.61 Å². The second kappa shape index (κ2) is 8.60. The van der Waals surface area contributed by atoms with E-state index in [9.17, 15) is 14.3 Å². The van der Waals surface area contributed by atoms with Crippen molar-refractivity contribution in [2.45, 2.75) is 62.9 Å². The lowest BCUT2D eigenvalue weighted by atomic mass is 10.1. The number of anilines is 1. The summed E-state index contributed by atoms with van der Waals surface area (Å²) in [6.07, 6.45) is 8.21. The number of alkyl halides is 1. The number of carbonyl (C=O) groups excluding carboxylic acids is 1. The number of aromatic nitrogens is 5. The Hall–Kier alpha value is -3.53. The molecule has 0 spiro atoms. The molecule has 4 aromatic heterocycles. The van der Waals surface area contributed by atoms with Gasteiger partial charge in [0.15, 0.2) is 5.65 Å². The molecule has 1 unspecified atom stereocenters. The van der Waals surface area contributed by atoms with E-state index in [2.05, 4.69) is 20.7 Å². The lowest BCUT2D eigenvalue weighted by Gasteiger charge is -2.16. The fraction of sp³-hybridized carbons (Fsp3) is 0.440. The van der Waals surface area contributed by atoms with Gasteiger partial charge in [0.05, 0.1) is 30.1 Å². The molecule has 10 heteroatoms. The fourth-order valence-electron chi connectivity index (χ4n) is 5.54. The molecule has 4 heterocycles. The van der Waals surface area contributed by atoms with Crippen LogP contribution in [0.15, 0.2) is 36.8 Å². The highest BCUT2D eigenvalue weighted by atomic mass is 19.1. The second-order valence-corrected chi connectivity index (χ2v) is 9.49. The highest BCUT2D eigenvalue weighted by Crippen LogP contribution is 2.38. The van der Waals surface area contributed by atoms with Crippen molar-refractivity contribution in [3.05, 3.63) is 42.4 Å². The predicted octanol–water partition coefficient (Wildman–Crippen LogP) is 3.49. The number of hydrogen-bond acceptors (Lipinski definition) is 6. The second-order valence-electron chi connectivity index (χ2n) is 9.49. The van der Waals surface area contributed by atoms with Crippen LogP contribution in [-0.2, 0) is 0 Å². The summed E-state index contributed by atoms with van der Waals surface area (Å²) in [6, 6.07) is 5.18. The van der Waals surface area contributed by atoms with Crippen molar-refractivity contribution >= 4 is 28.4 Å². The number of hydrogen-bond donors (Lipinski definition) is 3. The van der Waals surface area contributed by atoms with E-state index in [1.54, 1.807) is 17.8 Å². The van der Waals surface area contributed by atoms with Crippen molar-refractivity contribution in [1.82, 2.24) is 29.5 Å². The summed E-state index contributed by atoms with van der Waals surface area (Å²) in [5.41, 5.74) is 2.94. The van der Waals surface area contributed by atoms with E-state index in [1.165, 1.54) is 6.20 Å². The van der Waals surface area contributed by atoms with Crippen LogP contribution in [-0.4, -0.2) is 60.5 Å². The smallest absolute Gasteiger partial charge is 0.257 e. The molecule has 2 fully saturated rings. The van der Waals surface area contributed by atoms with Crippen LogP contribution in [0.5, 0.6) is 0 Å². The summed E-state index contributed by atoms with van der Waals surface area (Å²) < 4.78 is 18.2. The van der Waals surface area contributed by atoms with Crippen LogP contribution in [0.2, 0.25) is 0 Å². The van der Waals surface area contributed by atoms with Crippen LogP contribution in [0.1, 0.15) is 54.9 Å². The van der Waals surface area contributed by atoms with Crippen molar-refractivity contribution in [2.75, 3.05) is 12.4 Å². The first kappa shape index (κ1) is 22.0. The minimum absolute atomic E-state index is 0.247. The molecule has 0 aliphatic heterocycles. The molecule has 0 bridgehead atoms. The molecule has 4 aromatic rings. The highest BCUT2D eigenvalue weighted by Gasteiger charge is 2.31. The quantitative estimate of drug-likeness (QED) is 0.406. The maximum Gasteiger partial charge on any atom is 0.257 e. The molecule has 9 nitrogen and oxygen atoms in total. The number of amides is 1. The van der Waals surface area contributed by atoms with E-state index in [-0.39, 0.29) is 18.0 Å². The molecule has 182 valence electrons. The molecule has 35 heavy (non-hydrogen) atoms. The van der Waals surface area contributed by atoms with Gasteiger partial charge in [-0.1, -0.05) is 0 Å². The third kappa shape index (κ3) is 3.63. The standard InChI is InChI=1S/C25H28FN7O2/c1-27-22-11-19(16-13-32(20-8-2-6-17(20)26)23-14(16)5-4-10-28-23)30-24-15(12-29-33(22)24)25(35)31-18-7-3-9-21(18)34/h4-5,10-13,17-18,20-21,27,34H,2-3,6-9H2,1H3,(H,31,35)/t17-,18?,20+,21+/m0/s1. The molecule has 0 saturated heterocycles. The number of carbonyl (C=O) groups is 1. The van der Waals surface area contributed by atoms with Crippen LogP contribution >= 0.6 is 0 Å². The van der Waals surface area contributed by atoms with Crippen LogP contribution in [0.3, 0.4) is 0 Å². The zero-order chi connectivity index (χ0) is 24.1. The number of halogens is 1. The normalized spacial score (nSPS) is 24.4. The topological polar surface area (TPSA) is 109 Å². The minimum atomic E-state index is -0.903. The Morgan fingerprint density at radius 1 is 1.20 bits per heavy atom. The molecule has 6 rings (SSSR count). The summed E-state index contributed by atoms with van der Waals surface area (Å²) in [4.78, 5) is 22.5. The number of rotatable bonds is 5. The third-order valence-electron chi connectivity index (χ3n) is 7.39. The Bertz CT molecular complexity index is 1410. The van der Waals surface area contributed by atoms with E-state index >= 15 is 0 Å².